The zero-order chi connectivity index (χ0) is 27.3. The molecule has 0 atom stereocenters. The van der Waals surface area contributed by atoms with E-state index >= 15 is 0 Å². The largest absolute Gasteiger partial charge is 0.462 e. The number of benzene rings is 1. The molecule has 0 saturated carbocycles. The maximum absolute atomic E-state index is 12.5. The van der Waals surface area contributed by atoms with Crippen LogP contribution in [0.4, 0.5) is 0 Å². The predicted molar refractivity (Wildman–Crippen MR) is 156 cm³/mol. The van der Waals surface area contributed by atoms with Crippen molar-refractivity contribution in [1.82, 2.24) is 5.32 Å². The van der Waals surface area contributed by atoms with Crippen molar-refractivity contribution in [3.8, 4) is 0 Å². The van der Waals surface area contributed by atoms with E-state index in [1.165, 1.54) is 87.6 Å². The van der Waals surface area contributed by atoms with Crippen LogP contribution in [-0.2, 0) is 11.2 Å². The second kappa shape index (κ2) is 20.1. The van der Waals surface area contributed by atoms with Crippen LogP contribution in [0.2, 0.25) is 0 Å². The van der Waals surface area contributed by atoms with Crippen LogP contribution in [-0.4, -0.2) is 25.0 Å². The first-order valence-corrected chi connectivity index (χ1v) is 14.8. The highest BCUT2D eigenvalue weighted by Gasteiger charge is 2.11. The van der Waals surface area contributed by atoms with Crippen molar-refractivity contribution in [2.75, 3.05) is 13.2 Å². The summed E-state index contributed by atoms with van der Waals surface area (Å²) in [6.45, 7) is 3.12. The van der Waals surface area contributed by atoms with Crippen LogP contribution in [0.15, 0.2) is 59.4 Å². The molecule has 0 aromatic heterocycles. The Bertz CT molecular complexity index is 990. The highest BCUT2D eigenvalue weighted by Crippen LogP contribution is 2.12. The van der Waals surface area contributed by atoms with E-state index in [1.807, 2.05) is 18.2 Å². The van der Waals surface area contributed by atoms with Crippen LogP contribution in [0, 0.1) is 0 Å². The van der Waals surface area contributed by atoms with Crippen molar-refractivity contribution in [3.05, 3.63) is 81.5 Å². The highest BCUT2D eigenvalue weighted by atomic mass is 16.5. The zero-order valence-electron chi connectivity index (χ0n) is 23.3. The number of carbonyl (C=O) groups is 2. The van der Waals surface area contributed by atoms with Crippen molar-refractivity contribution in [1.29, 1.82) is 0 Å². The molecule has 0 radical (unpaired) electrons. The third-order valence-electron chi connectivity index (χ3n) is 6.84. The third kappa shape index (κ3) is 13.6. The van der Waals surface area contributed by atoms with E-state index in [2.05, 4.69) is 24.4 Å². The molecular formula is C33H47NO4. The van der Waals surface area contributed by atoms with Gasteiger partial charge in [-0.15, -0.1) is 0 Å². The average Bonchev–Trinajstić information content (AvgIpc) is 3.13. The smallest absolute Gasteiger partial charge is 0.338 e. The first-order chi connectivity index (χ1) is 18.6. The molecular weight excluding hydrogens is 474 g/mol. The van der Waals surface area contributed by atoms with Gasteiger partial charge < -0.3 is 10.1 Å². The zero-order valence-corrected chi connectivity index (χ0v) is 23.3. The lowest BCUT2D eigenvalue weighted by Gasteiger charge is -2.05. The molecule has 1 N–H and O–H groups in total. The number of rotatable bonds is 20. The molecule has 0 spiro atoms. The first-order valence-electron chi connectivity index (χ1n) is 14.8. The Morgan fingerprint density at radius 3 is 1.95 bits per heavy atom. The van der Waals surface area contributed by atoms with E-state index in [4.69, 9.17) is 4.74 Å². The Labute approximate surface area is 229 Å². The number of hydrogen-bond acceptors (Lipinski definition) is 4. The first kappa shape index (κ1) is 31.3. The minimum Gasteiger partial charge on any atom is -0.462 e. The molecule has 2 aromatic rings. The Balaban J connectivity index is 1.60. The number of unbranched alkanes of at least 4 members (excludes halogenated alkanes) is 12. The van der Waals surface area contributed by atoms with Crippen LogP contribution in [0.1, 0.15) is 123 Å². The van der Waals surface area contributed by atoms with Crippen molar-refractivity contribution < 1.29 is 14.3 Å². The van der Waals surface area contributed by atoms with Gasteiger partial charge in [-0.3, -0.25) is 9.59 Å². The molecule has 5 heteroatoms. The number of amides is 1. The highest BCUT2D eigenvalue weighted by molar-refractivity contribution is 5.95. The summed E-state index contributed by atoms with van der Waals surface area (Å²) in [6, 6.07) is 15.8. The monoisotopic (exact) mass is 521 g/mol. The van der Waals surface area contributed by atoms with E-state index in [9.17, 15) is 14.4 Å². The number of hydrogen-bond donors (Lipinski definition) is 1. The topological polar surface area (TPSA) is 72.5 Å². The van der Waals surface area contributed by atoms with Gasteiger partial charge in [-0.1, -0.05) is 108 Å². The summed E-state index contributed by atoms with van der Waals surface area (Å²) < 4.78 is 5.39. The van der Waals surface area contributed by atoms with Crippen LogP contribution in [0.3, 0.4) is 0 Å². The molecule has 0 aliphatic heterocycles. The van der Waals surface area contributed by atoms with Gasteiger partial charge in [0.1, 0.15) is 0 Å². The fourth-order valence-electron chi connectivity index (χ4n) is 4.48. The summed E-state index contributed by atoms with van der Waals surface area (Å²) in [7, 11) is 0. The lowest BCUT2D eigenvalue weighted by molar-refractivity contribution is 0.0497. The van der Waals surface area contributed by atoms with Crippen LogP contribution < -0.4 is 10.7 Å². The van der Waals surface area contributed by atoms with Gasteiger partial charge in [0.15, 0.2) is 5.43 Å². The number of aryl methyl sites for hydroxylation is 1. The minimum absolute atomic E-state index is 0.0352. The van der Waals surface area contributed by atoms with Gasteiger partial charge in [0.2, 0.25) is 0 Å². The van der Waals surface area contributed by atoms with Crippen molar-refractivity contribution >= 4 is 11.9 Å². The molecule has 0 fully saturated rings. The summed E-state index contributed by atoms with van der Waals surface area (Å²) >= 11 is 0. The standard InChI is InChI=1S/C33H47NO4/c1-2-3-4-5-6-7-8-9-10-11-12-18-27-38-33(37)29-22-24-30(31(35)25-23-29)32(36)34-26-17-16-21-28-19-14-13-15-20-28/h13-15,19-20,22-25H,2-12,16-18,21,26-27H2,1H3,(H,34,36). The molecule has 0 aliphatic rings. The lowest BCUT2D eigenvalue weighted by atomic mass is 10.1. The molecule has 38 heavy (non-hydrogen) atoms. The molecule has 0 unspecified atom stereocenters. The van der Waals surface area contributed by atoms with Gasteiger partial charge in [-0.05, 0) is 55.5 Å². The molecule has 2 aromatic carbocycles. The van der Waals surface area contributed by atoms with Crippen molar-refractivity contribution in [2.45, 2.75) is 103 Å². The SMILES string of the molecule is CCCCCCCCCCCCCCOC(=O)c1ccc(C(=O)NCCCCc2ccccc2)c(=O)cc1. The molecule has 5 nitrogen and oxygen atoms in total. The summed E-state index contributed by atoms with van der Waals surface area (Å²) in [6.07, 6.45) is 17.8. The van der Waals surface area contributed by atoms with Crippen LogP contribution in [0.25, 0.3) is 0 Å². The van der Waals surface area contributed by atoms with Crippen LogP contribution >= 0.6 is 0 Å². The van der Waals surface area contributed by atoms with Gasteiger partial charge in [0.05, 0.1) is 17.7 Å². The second-order valence-corrected chi connectivity index (χ2v) is 10.1. The molecule has 0 saturated heterocycles. The van der Waals surface area contributed by atoms with E-state index in [1.54, 1.807) is 0 Å². The maximum atomic E-state index is 12.5. The van der Waals surface area contributed by atoms with Crippen LogP contribution in [0.5, 0.6) is 0 Å². The number of carbonyl (C=O) groups excluding carboxylic acids is 2. The van der Waals surface area contributed by atoms with E-state index in [0.717, 1.165) is 38.5 Å². The Morgan fingerprint density at radius 1 is 0.684 bits per heavy atom. The summed E-state index contributed by atoms with van der Waals surface area (Å²) in [5, 5.41) is 2.81. The quantitative estimate of drug-likeness (QED) is 0.143. The van der Waals surface area contributed by atoms with E-state index < -0.39 is 17.3 Å². The van der Waals surface area contributed by atoms with Gasteiger partial charge in [0, 0.05) is 6.54 Å². The lowest BCUT2D eigenvalue weighted by Crippen LogP contribution is -2.28. The van der Waals surface area contributed by atoms with Gasteiger partial charge in [0.25, 0.3) is 5.91 Å². The molecule has 2 rings (SSSR count). The summed E-state index contributed by atoms with van der Waals surface area (Å²) in [5.74, 6) is -0.877. The van der Waals surface area contributed by atoms with Crippen molar-refractivity contribution in [2.24, 2.45) is 0 Å². The van der Waals surface area contributed by atoms with Gasteiger partial charge in [-0.25, -0.2) is 4.79 Å². The number of nitrogens with one attached hydrogen (secondary N) is 1. The third-order valence-corrected chi connectivity index (χ3v) is 6.84. The second-order valence-electron chi connectivity index (χ2n) is 10.1. The number of ether oxygens (including phenoxy) is 1. The molecule has 208 valence electrons. The molecule has 0 bridgehead atoms. The minimum atomic E-state index is -0.462. The predicted octanol–water partition coefficient (Wildman–Crippen LogP) is 7.66. The maximum Gasteiger partial charge on any atom is 0.338 e. The Hall–Kier alpha value is -2.95. The van der Waals surface area contributed by atoms with E-state index in [0.29, 0.717) is 13.2 Å². The fraction of sp³-hybridized carbons (Fsp3) is 0.545. The summed E-state index contributed by atoms with van der Waals surface area (Å²) in [5.41, 5.74) is 1.18. The van der Waals surface area contributed by atoms with Crippen molar-refractivity contribution in [3.63, 3.8) is 0 Å². The summed E-state index contributed by atoms with van der Waals surface area (Å²) in [4.78, 5) is 37.3. The molecule has 1 amide bonds. The van der Waals surface area contributed by atoms with Gasteiger partial charge in [-0.2, -0.15) is 0 Å². The van der Waals surface area contributed by atoms with Gasteiger partial charge >= 0.3 is 5.97 Å². The normalized spacial score (nSPS) is 10.8. The Morgan fingerprint density at radius 2 is 1.29 bits per heavy atom. The van der Waals surface area contributed by atoms with E-state index in [-0.39, 0.29) is 11.1 Å². The number of esters is 1. The molecule has 0 aliphatic carbocycles. The fourth-order valence-corrected chi connectivity index (χ4v) is 4.48. The Kier molecular flexibility index (Phi) is 16.5. The average molecular weight is 522 g/mol. The molecule has 0 heterocycles.